The van der Waals surface area contributed by atoms with Gasteiger partial charge < -0.3 is 15.2 Å². The van der Waals surface area contributed by atoms with Gasteiger partial charge in [0, 0.05) is 12.1 Å². The second kappa shape index (κ2) is 7.29. The van der Waals surface area contributed by atoms with Gasteiger partial charge in [0.05, 0.1) is 13.3 Å². The van der Waals surface area contributed by atoms with Crippen LogP contribution in [-0.2, 0) is 0 Å². The molecule has 96 valence electrons. The molecule has 1 aromatic rings. The van der Waals surface area contributed by atoms with Crippen molar-refractivity contribution in [2.24, 2.45) is 5.10 Å². The van der Waals surface area contributed by atoms with E-state index in [4.69, 9.17) is 17.0 Å². The van der Waals surface area contributed by atoms with Crippen molar-refractivity contribution in [3.05, 3.63) is 36.4 Å². The van der Waals surface area contributed by atoms with Crippen LogP contribution in [0.2, 0.25) is 0 Å². The molecule has 0 unspecified atom stereocenters. The summed E-state index contributed by atoms with van der Waals surface area (Å²) in [6.45, 7) is 4.12. The van der Waals surface area contributed by atoms with Gasteiger partial charge in [0.25, 0.3) is 0 Å². The Hall–Kier alpha value is -2.08. The number of hydrogen-bond acceptors (Lipinski definition) is 4. The van der Waals surface area contributed by atoms with Crippen LogP contribution in [0.5, 0.6) is 11.5 Å². The number of thiocarbonyl (C=S) groups is 1. The number of para-hydroxylation sites is 1. The van der Waals surface area contributed by atoms with Crippen molar-refractivity contribution in [2.45, 2.75) is 0 Å². The molecule has 3 N–H and O–H groups in total. The number of methoxy groups -OCH3 is 1. The minimum Gasteiger partial charge on any atom is -0.504 e. The van der Waals surface area contributed by atoms with Gasteiger partial charge in [0.2, 0.25) is 0 Å². The van der Waals surface area contributed by atoms with Gasteiger partial charge in [-0.3, -0.25) is 5.43 Å². The summed E-state index contributed by atoms with van der Waals surface area (Å²) in [6.07, 6.45) is 3.14. The van der Waals surface area contributed by atoms with E-state index in [0.29, 0.717) is 23.0 Å². The Morgan fingerprint density at radius 3 is 3.06 bits per heavy atom. The van der Waals surface area contributed by atoms with Crippen molar-refractivity contribution in [3.8, 4) is 11.5 Å². The van der Waals surface area contributed by atoms with E-state index in [2.05, 4.69) is 22.4 Å². The van der Waals surface area contributed by atoms with Gasteiger partial charge in [0.15, 0.2) is 16.6 Å². The van der Waals surface area contributed by atoms with Crippen LogP contribution in [0.25, 0.3) is 0 Å². The number of aromatic hydroxyl groups is 1. The van der Waals surface area contributed by atoms with Gasteiger partial charge in [-0.05, 0) is 24.4 Å². The molecule has 0 saturated carbocycles. The van der Waals surface area contributed by atoms with Crippen molar-refractivity contribution in [1.82, 2.24) is 10.7 Å². The Labute approximate surface area is 111 Å². The fourth-order valence-corrected chi connectivity index (χ4v) is 1.31. The van der Waals surface area contributed by atoms with Crippen molar-refractivity contribution in [3.63, 3.8) is 0 Å². The van der Waals surface area contributed by atoms with E-state index in [1.807, 2.05) is 0 Å². The largest absolute Gasteiger partial charge is 0.504 e. The molecule has 0 heterocycles. The molecule has 0 aromatic heterocycles. The molecule has 0 aliphatic rings. The lowest BCUT2D eigenvalue weighted by Gasteiger charge is -2.06. The number of rotatable bonds is 5. The number of nitrogens with one attached hydrogen (secondary N) is 2. The molecule has 0 saturated heterocycles. The maximum Gasteiger partial charge on any atom is 0.187 e. The molecular formula is C12H15N3O2S. The number of benzene rings is 1. The van der Waals surface area contributed by atoms with E-state index < -0.39 is 0 Å². The lowest BCUT2D eigenvalue weighted by Crippen LogP contribution is -2.31. The third-order valence-electron chi connectivity index (χ3n) is 2.03. The predicted octanol–water partition coefficient (Wildman–Crippen LogP) is 1.38. The molecule has 0 aliphatic carbocycles. The van der Waals surface area contributed by atoms with Crippen LogP contribution in [0.4, 0.5) is 0 Å². The van der Waals surface area contributed by atoms with Crippen molar-refractivity contribution >= 4 is 23.5 Å². The molecule has 18 heavy (non-hydrogen) atoms. The highest BCUT2D eigenvalue weighted by Crippen LogP contribution is 2.27. The molecule has 0 fully saturated rings. The van der Waals surface area contributed by atoms with Crippen molar-refractivity contribution in [1.29, 1.82) is 0 Å². The summed E-state index contributed by atoms with van der Waals surface area (Å²) in [5, 5.41) is 16.9. The van der Waals surface area contributed by atoms with Crippen molar-refractivity contribution in [2.75, 3.05) is 13.7 Å². The van der Waals surface area contributed by atoms with Crippen LogP contribution in [0.1, 0.15) is 5.56 Å². The van der Waals surface area contributed by atoms with Gasteiger partial charge in [-0.25, -0.2) is 0 Å². The number of phenolic OH excluding ortho intramolecular Hbond substituents is 1. The summed E-state index contributed by atoms with van der Waals surface area (Å²) in [7, 11) is 1.49. The van der Waals surface area contributed by atoms with Crippen LogP contribution in [-0.4, -0.2) is 30.1 Å². The molecule has 1 rings (SSSR count). The topological polar surface area (TPSA) is 65.9 Å². The van der Waals surface area contributed by atoms with E-state index in [1.165, 1.54) is 13.3 Å². The van der Waals surface area contributed by atoms with E-state index in [9.17, 15) is 5.11 Å². The minimum absolute atomic E-state index is 0.0375. The van der Waals surface area contributed by atoms with Crippen LogP contribution >= 0.6 is 12.2 Å². The fourth-order valence-electron chi connectivity index (χ4n) is 1.17. The monoisotopic (exact) mass is 265 g/mol. The molecule has 1 aromatic carbocycles. The number of phenols is 1. The Kier molecular flexibility index (Phi) is 5.66. The smallest absolute Gasteiger partial charge is 0.187 e. The number of hydrogen-bond donors (Lipinski definition) is 3. The van der Waals surface area contributed by atoms with Crippen molar-refractivity contribution < 1.29 is 9.84 Å². The maximum atomic E-state index is 9.79. The third kappa shape index (κ3) is 4.06. The summed E-state index contributed by atoms with van der Waals surface area (Å²) < 4.78 is 4.98. The van der Waals surface area contributed by atoms with Gasteiger partial charge in [-0.2, -0.15) is 5.10 Å². The quantitative estimate of drug-likeness (QED) is 0.325. The molecule has 0 radical (unpaired) electrons. The first kappa shape index (κ1) is 14.0. The second-order valence-corrected chi connectivity index (χ2v) is 3.68. The first-order valence-corrected chi connectivity index (χ1v) is 5.63. The molecule has 0 amide bonds. The van der Waals surface area contributed by atoms with Crippen LogP contribution in [0.3, 0.4) is 0 Å². The molecule has 5 nitrogen and oxygen atoms in total. The third-order valence-corrected chi connectivity index (χ3v) is 2.26. The molecule has 0 bridgehead atoms. The zero-order valence-corrected chi connectivity index (χ0v) is 10.8. The predicted molar refractivity (Wildman–Crippen MR) is 76.2 cm³/mol. The Morgan fingerprint density at radius 2 is 2.39 bits per heavy atom. The minimum atomic E-state index is 0.0375. The zero-order valence-electron chi connectivity index (χ0n) is 10.0. The molecule has 6 heteroatoms. The lowest BCUT2D eigenvalue weighted by molar-refractivity contribution is 0.373. The Balaban J connectivity index is 2.62. The van der Waals surface area contributed by atoms with Gasteiger partial charge in [-0.15, -0.1) is 6.58 Å². The highest BCUT2D eigenvalue weighted by Gasteiger charge is 2.04. The van der Waals surface area contributed by atoms with E-state index in [0.717, 1.165) is 0 Å². The second-order valence-electron chi connectivity index (χ2n) is 3.27. The molecule has 0 atom stereocenters. The number of ether oxygens (including phenoxy) is 1. The summed E-state index contributed by atoms with van der Waals surface area (Å²) in [4.78, 5) is 0. The molecule has 0 spiro atoms. The molecular weight excluding hydrogens is 250 g/mol. The summed E-state index contributed by atoms with van der Waals surface area (Å²) in [5.74, 6) is 0.432. The molecule has 0 aliphatic heterocycles. The lowest BCUT2D eigenvalue weighted by atomic mass is 10.2. The van der Waals surface area contributed by atoms with Gasteiger partial charge in [-0.1, -0.05) is 12.1 Å². The Morgan fingerprint density at radius 1 is 1.61 bits per heavy atom. The number of nitrogens with zero attached hydrogens (tertiary/aromatic N) is 1. The van der Waals surface area contributed by atoms with E-state index in [1.54, 1.807) is 24.3 Å². The number of hydrazone groups is 1. The first-order chi connectivity index (χ1) is 8.69. The average Bonchev–Trinajstić information content (AvgIpc) is 2.38. The van der Waals surface area contributed by atoms with E-state index in [-0.39, 0.29) is 5.75 Å². The summed E-state index contributed by atoms with van der Waals surface area (Å²) in [5.41, 5.74) is 3.16. The highest BCUT2D eigenvalue weighted by molar-refractivity contribution is 7.80. The van der Waals surface area contributed by atoms with Crippen LogP contribution < -0.4 is 15.5 Å². The van der Waals surface area contributed by atoms with E-state index >= 15 is 0 Å². The summed E-state index contributed by atoms with van der Waals surface area (Å²) in [6, 6.07) is 5.13. The van der Waals surface area contributed by atoms with Gasteiger partial charge >= 0.3 is 0 Å². The zero-order chi connectivity index (χ0) is 13.4. The average molecular weight is 265 g/mol. The normalized spacial score (nSPS) is 10.1. The standard InChI is InChI=1S/C12H15N3O2S/c1-3-7-13-12(18)15-14-8-9-5-4-6-10(17-2)11(9)16/h3-6,8,16H,1,7H2,2H3,(H2,13,15,18). The van der Waals surface area contributed by atoms with Crippen LogP contribution in [0, 0.1) is 0 Å². The first-order valence-electron chi connectivity index (χ1n) is 5.22. The fraction of sp³-hybridized carbons (Fsp3) is 0.167. The van der Waals surface area contributed by atoms with Crippen LogP contribution in [0.15, 0.2) is 36.0 Å². The highest BCUT2D eigenvalue weighted by atomic mass is 32.1. The Bertz CT molecular complexity index is 461. The summed E-state index contributed by atoms with van der Waals surface area (Å²) >= 11 is 4.95. The maximum absolute atomic E-state index is 9.79. The SMILES string of the molecule is C=CCNC(=S)NN=Cc1cccc(OC)c1O. The van der Waals surface area contributed by atoms with Gasteiger partial charge in [0.1, 0.15) is 0 Å².